The van der Waals surface area contributed by atoms with Crippen molar-refractivity contribution in [1.29, 1.82) is 0 Å². The van der Waals surface area contributed by atoms with Gasteiger partial charge in [-0.05, 0) is 126 Å². The number of aliphatic hydroxyl groups excluding tert-OH is 2. The summed E-state index contributed by atoms with van der Waals surface area (Å²) in [5.74, 6) is -1.95. The molecular weight excluding hydrogens is 1000 g/mol. The molecule has 3 N–H and O–H groups in total. The van der Waals surface area contributed by atoms with E-state index < -0.39 is 45.5 Å². The van der Waals surface area contributed by atoms with Crippen molar-refractivity contribution in [3.05, 3.63) is 194 Å². The van der Waals surface area contributed by atoms with Crippen molar-refractivity contribution in [3.8, 4) is 23.0 Å². The van der Waals surface area contributed by atoms with Gasteiger partial charge in [-0.15, -0.1) is 6.58 Å². The van der Waals surface area contributed by atoms with E-state index in [0.29, 0.717) is 78.2 Å². The van der Waals surface area contributed by atoms with Crippen LogP contribution in [0.25, 0.3) is 6.08 Å². The summed E-state index contributed by atoms with van der Waals surface area (Å²) in [4.78, 5) is 58.9. The van der Waals surface area contributed by atoms with Gasteiger partial charge < -0.3 is 49.0 Å². The number of carbonyl (C=O) groups is 2. The zero-order valence-electron chi connectivity index (χ0n) is 42.9. The van der Waals surface area contributed by atoms with E-state index >= 15 is 4.79 Å². The molecular formula is C59H61N5O14. The lowest BCUT2D eigenvalue weighted by atomic mass is 9.55. The van der Waals surface area contributed by atoms with Crippen LogP contribution in [0.2, 0.25) is 0 Å². The first-order valence-corrected chi connectivity index (χ1v) is 26.0. The average Bonchev–Trinajstić information content (AvgIpc) is 3.77. The molecule has 78 heavy (non-hydrogen) atoms. The third-order valence-electron chi connectivity index (χ3n) is 14.7. The Morgan fingerprint density at radius 2 is 1.51 bits per heavy atom. The molecule has 2 aliphatic heterocycles. The maximum atomic E-state index is 15.4. The van der Waals surface area contributed by atoms with Crippen molar-refractivity contribution in [2.75, 3.05) is 26.6 Å². The van der Waals surface area contributed by atoms with Crippen LogP contribution in [0.15, 0.2) is 151 Å². The van der Waals surface area contributed by atoms with Crippen LogP contribution in [0, 0.1) is 38.0 Å². The van der Waals surface area contributed by atoms with E-state index in [1.807, 2.05) is 48.5 Å². The van der Waals surface area contributed by atoms with E-state index in [-0.39, 0.29) is 81.7 Å². The zero-order chi connectivity index (χ0) is 54.6. The number of oxime groups is 1. The molecule has 1 fully saturated rings. The number of amides is 2. The van der Waals surface area contributed by atoms with Crippen molar-refractivity contribution >= 4 is 35.2 Å². The third kappa shape index (κ3) is 12.4. The molecule has 9 rings (SSSR count). The Morgan fingerprint density at radius 3 is 2.23 bits per heavy atom. The molecule has 2 amide bonds. The standard InChI is InChI=1S/C59H61N5O14/c1-2-30-75-59-54(62(36-42-18-25-52-53(31-42)74-38-73-52)55(67)27-19-39-14-20-44(21-15-39)63(69)70)34-50(61-76-37-41-16-22-45(23-17-41)64(71)72)48-32-43(12-6-8-28-65)47(13-7-9-29-66)56(57(48)59)49-33-46(24-26-51(49)78-59)77-58(68)60-35-40-10-4-3-5-11-40/h2-5,10-11,14-27,31-33,43,47,54,56-57,65-66H,1,6-9,12-13,28-30,34-38H2,(H,60,68)/t43-,47+,54-,56+,57+,59+/m0/s1. The average molecular weight is 1060 g/mol. The number of nitro groups is 2. The lowest BCUT2D eigenvalue weighted by molar-refractivity contribution is -0.385. The lowest BCUT2D eigenvalue weighted by Crippen LogP contribution is -2.70. The maximum absolute atomic E-state index is 15.4. The number of aliphatic hydroxyl groups is 2. The first kappa shape index (κ1) is 54.4. The molecule has 5 aromatic rings. The maximum Gasteiger partial charge on any atom is 0.412 e. The minimum atomic E-state index is -1.69. The Balaban J connectivity index is 1.21. The van der Waals surface area contributed by atoms with Crippen LogP contribution >= 0.6 is 0 Å². The number of benzene rings is 5. The highest BCUT2D eigenvalue weighted by Crippen LogP contribution is 2.62. The van der Waals surface area contributed by atoms with Gasteiger partial charge in [0.2, 0.25) is 18.5 Å². The van der Waals surface area contributed by atoms with Crippen molar-refractivity contribution < 1.29 is 58.2 Å². The van der Waals surface area contributed by atoms with Gasteiger partial charge in [-0.25, -0.2) is 4.79 Å². The number of hydrogen-bond acceptors (Lipinski definition) is 15. The number of nitrogens with one attached hydrogen (secondary N) is 1. The second-order valence-electron chi connectivity index (χ2n) is 19.5. The summed E-state index contributed by atoms with van der Waals surface area (Å²) in [7, 11) is 0. The quantitative estimate of drug-likeness (QED) is 0.0171. The predicted molar refractivity (Wildman–Crippen MR) is 287 cm³/mol. The van der Waals surface area contributed by atoms with E-state index in [1.54, 1.807) is 59.5 Å². The smallest absolute Gasteiger partial charge is 0.412 e. The van der Waals surface area contributed by atoms with E-state index in [0.717, 1.165) is 16.7 Å². The van der Waals surface area contributed by atoms with Crippen LogP contribution < -0.4 is 24.3 Å². The minimum absolute atomic E-state index is 0.00345. The first-order chi connectivity index (χ1) is 38.0. The number of carbonyl (C=O) groups excluding carboxylic acids is 2. The summed E-state index contributed by atoms with van der Waals surface area (Å²) in [6.45, 7) is 4.20. The Kier molecular flexibility index (Phi) is 17.6. The van der Waals surface area contributed by atoms with Crippen molar-refractivity contribution in [1.82, 2.24) is 10.2 Å². The van der Waals surface area contributed by atoms with E-state index in [4.69, 9.17) is 33.7 Å². The number of fused-ring (bicyclic) bond motifs is 3. The molecule has 0 spiro atoms. The molecule has 1 saturated carbocycles. The lowest BCUT2D eigenvalue weighted by Gasteiger charge is -2.60. The number of nitro benzene ring substituents is 2. The van der Waals surface area contributed by atoms with Crippen LogP contribution in [-0.4, -0.2) is 81.1 Å². The van der Waals surface area contributed by atoms with Gasteiger partial charge in [0, 0.05) is 74.5 Å². The molecule has 4 aliphatic rings. The molecule has 5 aromatic carbocycles. The van der Waals surface area contributed by atoms with Crippen LogP contribution in [0.5, 0.6) is 23.0 Å². The highest BCUT2D eigenvalue weighted by atomic mass is 16.7. The van der Waals surface area contributed by atoms with Gasteiger partial charge in [0.1, 0.15) is 24.1 Å². The number of allylic oxidation sites excluding steroid dienone is 1. The summed E-state index contributed by atoms with van der Waals surface area (Å²) in [6.07, 6.45) is 9.90. The van der Waals surface area contributed by atoms with E-state index in [2.05, 4.69) is 18.0 Å². The van der Waals surface area contributed by atoms with E-state index in [9.17, 15) is 35.2 Å². The van der Waals surface area contributed by atoms with Gasteiger partial charge in [0.05, 0.1) is 28.1 Å². The van der Waals surface area contributed by atoms with Crippen LogP contribution in [0.1, 0.15) is 78.7 Å². The number of nitrogens with zero attached hydrogens (tertiary/aromatic N) is 4. The molecule has 19 nitrogen and oxygen atoms in total. The number of unbranched alkanes of at least 4 members (excludes halogenated alkanes) is 2. The molecule has 19 heteroatoms. The number of hydrogen-bond donors (Lipinski definition) is 3. The van der Waals surface area contributed by atoms with Gasteiger partial charge >= 0.3 is 6.09 Å². The summed E-state index contributed by atoms with van der Waals surface area (Å²) in [5, 5.41) is 51.0. The van der Waals surface area contributed by atoms with Gasteiger partial charge in [-0.3, -0.25) is 25.0 Å². The monoisotopic (exact) mass is 1060 g/mol. The van der Waals surface area contributed by atoms with Crippen LogP contribution in [0.3, 0.4) is 0 Å². The fraction of sp³-hybridized carbons (Fsp3) is 0.339. The molecule has 0 aromatic heterocycles. The molecule has 0 unspecified atom stereocenters. The van der Waals surface area contributed by atoms with Gasteiger partial charge in [-0.2, -0.15) is 0 Å². The second-order valence-corrected chi connectivity index (χ2v) is 19.5. The van der Waals surface area contributed by atoms with E-state index in [1.165, 1.54) is 30.3 Å². The largest absolute Gasteiger partial charge is 0.459 e. The number of rotatable bonds is 24. The molecule has 2 heterocycles. The van der Waals surface area contributed by atoms with Gasteiger partial charge in [0.25, 0.3) is 11.4 Å². The molecule has 0 bridgehead atoms. The minimum Gasteiger partial charge on any atom is -0.459 e. The second kappa shape index (κ2) is 25.2. The van der Waals surface area contributed by atoms with Crippen molar-refractivity contribution in [3.63, 3.8) is 0 Å². The highest BCUT2D eigenvalue weighted by molar-refractivity contribution is 6.03. The molecule has 0 saturated heterocycles. The van der Waals surface area contributed by atoms with Crippen LogP contribution in [-0.2, 0) is 34.1 Å². The van der Waals surface area contributed by atoms with Gasteiger partial charge in [0.15, 0.2) is 11.5 Å². The normalized spacial score (nSPS) is 21.1. The number of ether oxygens (including phenoxy) is 5. The fourth-order valence-electron chi connectivity index (χ4n) is 11.1. The summed E-state index contributed by atoms with van der Waals surface area (Å²) >= 11 is 0. The van der Waals surface area contributed by atoms with Crippen molar-refractivity contribution in [2.24, 2.45) is 22.9 Å². The zero-order valence-corrected chi connectivity index (χ0v) is 42.9. The predicted octanol–water partition coefficient (Wildman–Crippen LogP) is 10.1. The summed E-state index contributed by atoms with van der Waals surface area (Å²) < 4.78 is 32.0. The molecule has 0 radical (unpaired) electrons. The van der Waals surface area contributed by atoms with Gasteiger partial charge in [-0.1, -0.05) is 66.5 Å². The molecule has 6 atom stereocenters. The summed E-state index contributed by atoms with van der Waals surface area (Å²) in [6, 6.07) is 30.9. The molecule has 2 aliphatic carbocycles. The first-order valence-electron chi connectivity index (χ1n) is 26.0. The Hall–Kier alpha value is -8.39. The fourth-order valence-corrected chi connectivity index (χ4v) is 11.1. The topological polar surface area (TPSA) is 244 Å². The summed E-state index contributed by atoms with van der Waals surface area (Å²) in [5.41, 5.74) is 4.48. The third-order valence-corrected chi connectivity index (χ3v) is 14.7. The number of non-ortho nitro benzene ring substituents is 2. The SMILES string of the molecule is C=CCO[C@@]12Oc3ccc(OC(=O)NCc4ccccc4)cc3[C@H]3[C@H](CCCCO)[C@@H](CCCCO)C=C(C(=NOCc4ccc([N+](=O)[O-])cc4)C[C@@H]1N(Cc1ccc4c(c1)OCO4)C(=O)C=Cc1ccc([N+](=O)[O-])cc1)[C@H]32. The Morgan fingerprint density at radius 1 is 0.821 bits per heavy atom. The van der Waals surface area contributed by atoms with Crippen molar-refractivity contribution in [2.45, 2.75) is 82.4 Å². The molecule has 406 valence electrons. The highest BCUT2D eigenvalue weighted by Gasteiger charge is 2.65. The van der Waals surface area contributed by atoms with Crippen LogP contribution in [0.4, 0.5) is 16.2 Å². The Labute approximate surface area is 450 Å². The Bertz CT molecular complexity index is 3060.